The molecular weight excluding hydrogens is 310 g/mol. The molecule has 0 bridgehead atoms. The number of rotatable bonds is 5. The van der Waals surface area contributed by atoms with Gasteiger partial charge in [-0.2, -0.15) is 11.8 Å². The molecule has 2 aliphatic rings. The van der Waals surface area contributed by atoms with Gasteiger partial charge in [-0.3, -0.25) is 0 Å². The van der Waals surface area contributed by atoms with Crippen molar-refractivity contribution >= 4 is 17.8 Å². The summed E-state index contributed by atoms with van der Waals surface area (Å²) < 4.78 is 2.17. The first-order valence-electron chi connectivity index (χ1n) is 8.60. The van der Waals surface area contributed by atoms with Gasteiger partial charge in [0.15, 0.2) is 5.82 Å². The second kappa shape index (κ2) is 7.11. The quantitative estimate of drug-likeness (QED) is 0.866. The number of hydrogen-bond donors (Lipinski definition) is 2. The minimum absolute atomic E-state index is 0.0780. The Kier molecular flexibility index (Phi) is 5.14. The van der Waals surface area contributed by atoms with E-state index >= 15 is 0 Å². The van der Waals surface area contributed by atoms with Gasteiger partial charge in [0.1, 0.15) is 5.82 Å². The molecule has 128 valence electrons. The smallest absolute Gasteiger partial charge is 0.315 e. The largest absolute Gasteiger partial charge is 0.335 e. The Morgan fingerprint density at radius 1 is 1.35 bits per heavy atom. The number of aryl methyl sites for hydroxylation is 1. The van der Waals surface area contributed by atoms with Crippen LogP contribution in [0.25, 0.3) is 0 Å². The summed E-state index contributed by atoms with van der Waals surface area (Å²) in [5.41, 5.74) is 0. The van der Waals surface area contributed by atoms with Crippen molar-refractivity contribution in [1.29, 1.82) is 0 Å². The van der Waals surface area contributed by atoms with Crippen LogP contribution in [0.2, 0.25) is 0 Å². The Hall–Kier alpha value is -1.24. The summed E-state index contributed by atoms with van der Waals surface area (Å²) in [5, 5.41) is 15.6. The first-order valence-corrected chi connectivity index (χ1v) is 9.89. The number of aromatic nitrogens is 3. The number of hydrogen-bond acceptors (Lipinski definition) is 4. The number of nitrogens with zero attached hydrogens (tertiary/aromatic N) is 3. The molecule has 0 radical (unpaired) electrons. The molecule has 2 N–H and O–H groups in total. The van der Waals surface area contributed by atoms with Crippen molar-refractivity contribution in [2.75, 3.05) is 6.26 Å². The highest BCUT2D eigenvalue weighted by Gasteiger charge is 2.29. The average molecular weight is 337 g/mol. The second-order valence-electron chi connectivity index (χ2n) is 6.94. The molecule has 3 rings (SSSR count). The highest BCUT2D eigenvalue weighted by Crippen LogP contribution is 2.28. The summed E-state index contributed by atoms with van der Waals surface area (Å²) in [6, 6.07) is 0.127. The lowest BCUT2D eigenvalue weighted by Gasteiger charge is -2.23. The summed E-state index contributed by atoms with van der Waals surface area (Å²) in [6.07, 6.45) is 7.59. The van der Waals surface area contributed by atoms with Crippen LogP contribution in [-0.2, 0) is 13.0 Å². The zero-order chi connectivity index (χ0) is 16.4. The van der Waals surface area contributed by atoms with Crippen LogP contribution in [0.4, 0.5) is 4.79 Å². The molecule has 0 saturated heterocycles. The van der Waals surface area contributed by atoms with Crippen LogP contribution in [0.3, 0.4) is 0 Å². The Labute approximate surface area is 142 Å². The maximum absolute atomic E-state index is 12.4. The molecule has 0 spiro atoms. The maximum Gasteiger partial charge on any atom is 0.315 e. The van der Waals surface area contributed by atoms with Crippen molar-refractivity contribution in [3.05, 3.63) is 11.6 Å². The predicted molar refractivity (Wildman–Crippen MR) is 92.5 cm³/mol. The monoisotopic (exact) mass is 337 g/mol. The minimum atomic E-state index is -0.0906. The number of amides is 2. The normalized spacial score (nSPS) is 24.7. The molecule has 1 aromatic heterocycles. The number of nitrogens with one attached hydrogen (secondary N) is 2. The molecule has 1 fully saturated rings. The van der Waals surface area contributed by atoms with Crippen molar-refractivity contribution in [2.24, 2.45) is 5.92 Å². The topological polar surface area (TPSA) is 71.8 Å². The van der Waals surface area contributed by atoms with Crippen LogP contribution in [0.15, 0.2) is 0 Å². The highest BCUT2D eigenvalue weighted by atomic mass is 32.2. The zero-order valence-electron chi connectivity index (χ0n) is 14.2. The third-order valence-electron chi connectivity index (χ3n) is 4.92. The molecule has 2 amide bonds. The van der Waals surface area contributed by atoms with Gasteiger partial charge in [0.05, 0.1) is 6.04 Å². The molecule has 2 heterocycles. The van der Waals surface area contributed by atoms with Gasteiger partial charge in [0.2, 0.25) is 0 Å². The van der Waals surface area contributed by atoms with Crippen molar-refractivity contribution < 1.29 is 4.79 Å². The van der Waals surface area contributed by atoms with Gasteiger partial charge in [-0.1, -0.05) is 13.8 Å². The average Bonchev–Trinajstić information content (AvgIpc) is 3.21. The first kappa shape index (κ1) is 16.6. The summed E-state index contributed by atoms with van der Waals surface area (Å²) in [4.78, 5) is 12.4. The fourth-order valence-electron chi connectivity index (χ4n) is 3.59. The van der Waals surface area contributed by atoms with Gasteiger partial charge in [-0.25, -0.2) is 4.79 Å². The fraction of sp³-hybridized carbons (Fsp3) is 0.812. The molecule has 0 aromatic carbocycles. The predicted octanol–water partition coefficient (Wildman–Crippen LogP) is 2.50. The molecule has 1 aromatic rings. The van der Waals surface area contributed by atoms with Crippen LogP contribution < -0.4 is 10.6 Å². The Morgan fingerprint density at radius 3 is 2.87 bits per heavy atom. The van der Waals surface area contributed by atoms with E-state index in [0.717, 1.165) is 43.9 Å². The standard InChI is InChI=1S/C16H27N5OS/c1-10(2)14(15-20-19-13-5-4-8-21(13)15)18-16(22)17-11-6-7-12(9-11)23-3/h10-12,14H,4-9H2,1-3H3,(H2,17,18,22)/t11-,12+,14-/m0/s1. The van der Waals surface area contributed by atoms with Gasteiger partial charge in [-0.15, -0.1) is 10.2 Å². The van der Waals surface area contributed by atoms with Crippen LogP contribution in [0.5, 0.6) is 0 Å². The number of urea groups is 1. The maximum atomic E-state index is 12.4. The Morgan fingerprint density at radius 2 is 2.17 bits per heavy atom. The minimum Gasteiger partial charge on any atom is -0.335 e. The highest BCUT2D eigenvalue weighted by molar-refractivity contribution is 7.99. The summed E-state index contributed by atoms with van der Waals surface area (Å²) in [7, 11) is 0. The Balaban J connectivity index is 1.62. The van der Waals surface area contributed by atoms with Crippen molar-refractivity contribution in [3.63, 3.8) is 0 Å². The molecule has 7 heteroatoms. The van der Waals surface area contributed by atoms with E-state index in [1.807, 2.05) is 11.8 Å². The van der Waals surface area contributed by atoms with E-state index in [-0.39, 0.29) is 18.0 Å². The molecule has 3 atom stereocenters. The van der Waals surface area contributed by atoms with E-state index in [1.54, 1.807) is 0 Å². The summed E-state index contributed by atoms with van der Waals surface area (Å²) in [6.45, 7) is 5.18. The first-order chi connectivity index (χ1) is 11.1. The van der Waals surface area contributed by atoms with Crippen molar-refractivity contribution in [2.45, 2.75) is 69.8 Å². The third kappa shape index (κ3) is 3.65. The molecule has 23 heavy (non-hydrogen) atoms. The lowest BCUT2D eigenvalue weighted by atomic mass is 10.0. The lowest BCUT2D eigenvalue weighted by molar-refractivity contribution is 0.228. The van der Waals surface area contributed by atoms with Gasteiger partial charge < -0.3 is 15.2 Å². The molecule has 1 aliphatic carbocycles. The molecule has 1 aliphatic heterocycles. The van der Waals surface area contributed by atoms with E-state index in [1.165, 1.54) is 6.42 Å². The van der Waals surface area contributed by atoms with Crippen LogP contribution in [0, 0.1) is 5.92 Å². The van der Waals surface area contributed by atoms with Crippen molar-refractivity contribution in [1.82, 2.24) is 25.4 Å². The van der Waals surface area contributed by atoms with E-state index in [9.17, 15) is 4.79 Å². The van der Waals surface area contributed by atoms with Crippen molar-refractivity contribution in [3.8, 4) is 0 Å². The van der Waals surface area contributed by atoms with Gasteiger partial charge in [0.25, 0.3) is 0 Å². The van der Waals surface area contributed by atoms with E-state index < -0.39 is 0 Å². The molecule has 1 saturated carbocycles. The van der Waals surface area contributed by atoms with Gasteiger partial charge in [0, 0.05) is 24.3 Å². The van der Waals surface area contributed by atoms with E-state index in [0.29, 0.717) is 11.3 Å². The number of thioether (sulfide) groups is 1. The number of fused-ring (bicyclic) bond motifs is 1. The van der Waals surface area contributed by atoms with Gasteiger partial charge in [-0.05, 0) is 37.9 Å². The third-order valence-corrected chi connectivity index (χ3v) is 6.02. The summed E-state index contributed by atoms with van der Waals surface area (Å²) in [5.74, 6) is 2.22. The second-order valence-corrected chi connectivity index (χ2v) is 8.07. The Bertz CT molecular complexity index is 559. The number of carbonyl (C=O) groups is 1. The van der Waals surface area contributed by atoms with Crippen LogP contribution in [-0.4, -0.2) is 38.3 Å². The van der Waals surface area contributed by atoms with E-state index in [2.05, 4.69) is 45.5 Å². The van der Waals surface area contributed by atoms with Gasteiger partial charge >= 0.3 is 6.03 Å². The van der Waals surface area contributed by atoms with Crippen LogP contribution in [0.1, 0.15) is 57.2 Å². The zero-order valence-corrected chi connectivity index (χ0v) is 15.0. The molecule has 0 unspecified atom stereocenters. The summed E-state index contributed by atoms with van der Waals surface area (Å²) >= 11 is 1.90. The molecule has 6 nitrogen and oxygen atoms in total. The molecular formula is C16H27N5OS. The van der Waals surface area contributed by atoms with Crippen LogP contribution >= 0.6 is 11.8 Å². The lowest BCUT2D eigenvalue weighted by Crippen LogP contribution is -2.44. The number of carbonyl (C=O) groups excluding carboxylic acids is 1. The van der Waals surface area contributed by atoms with E-state index in [4.69, 9.17) is 0 Å². The SMILES string of the molecule is CS[C@@H]1CC[C@H](NC(=O)N[C@H](c2nnc3n2CCC3)C(C)C)C1. The fourth-order valence-corrected chi connectivity index (χ4v) is 4.38.